The largest absolute Gasteiger partial charge is 0.493 e. The molecule has 0 aliphatic rings. The average Bonchev–Trinajstić information content (AvgIpc) is 2.72. The molecule has 7 nitrogen and oxygen atoms in total. The highest BCUT2D eigenvalue weighted by atomic mass is 16.5. The van der Waals surface area contributed by atoms with Gasteiger partial charge in [-0.1, -0.05) is 23.8 Å². The van der Waals surface area contributed by atoms with Crippen LogP contribution in [-0.2, 0) is 16.0 Å². The first-order valence-electron chi connectivity index (χ1n) is 9.72. The molecule has 0 unspecified atom stereocenters. The third-order valence-electron chi connectivity index (χ3n) is 4.79. The summed E-state index contributed by atoms with van der Waals surface area (Å²) >= 11 is 0. The highest BCUT2D eigenvalue weighted by molar-refractivity contribution is 5.95. The number of aryl methyl sites for hydroxylation is 4. The van der Waals surface area contributed by atoms with Crippen LogP contribution in [-0.4, -0.2) is 39.7 Å². The first-order valence-corrected chi connectivity index (χ1v) is 9.72. The summed E-state index contributed by atoms with van der Waals surface area (Å²) in [7, 11) is 4.63. The van der Waals surface area contributed by atoms with E-state index < -0.39 is 0 Å². The molecule has 0 saturated heterocycles. The molecule has 2 N–H and O–H groups in total. The maximum absolute atomic E-state index is 12.3. The number of anilines is 1. The van der Waals surface area contributed by atoms with Gasteiger partial charge in [-0.2, -0.15) is 0 Å². The van der Waals surface area contributed by atoms with E-state index in [1.165, 1.54) is 7.11 Å². The fourth-order valence-corrected chi connectivity index (χ4v) is 3.44. The van der Waals surface area contributed by atoms with Crippen LogP contribution >= 0.6 is 0 Å². The van der Waals surface area contributed by atoms with Crippen molar-refractivity contribution in [2.75, 3.05) is 33.2 Å². The van der Waals surface area contributed by atoms with Gasteiger partial charge in [0.25, 0.3) is 0 Å². The molecule has 2 aromatic rings. The van der Waals surface area contributed by atoms with Crippen molar-refractivity contribution in [2.24, 2.45) is 0 Å². The Balaban J connectivity index is 1.92. The van der Waals surface area contributed by atoms with Crippen molar-refractivity contribution in [3.63, 3.8) is 0 Å². The summed E-state index contributed by atoms with van der Waals surface area (Å²) in [6, 6.07) is 7.63. The molecular formula is C23H30N2O5. The molecule has 0 bridgehead atoms. The van der Waals surface area contributed by atoms with Crippen LogP contribution in [0, 0.1) is 20.8 Å². The quantitative estimate of drug-likeness (QED) is 0.657. The topological polar surface area (TPSA) is 85.9 Å². The molecule has 0 spiro atoms. The Bertz CT molecular complexity index is 901. The van der Waals surface area contributed by atoms with Crippen LogP contribution in [0.15, 0.2) is 24.3 Å². The smallest absolute Gasteiger partial charge is 0.243 e. The second-order valence-electron chi connectivity index (χ2n) is 7.09. The first kappa shape index (κ1) is 23.1. The van der Waals surface area contributed by atoms with Gasteiger partial charge in [0.1, 0.15) is 0 Å². The molecular weight excluding hydrogens is 384 g/mol. The average molecular weight is 415 g/mol. The van der Waals surface area contributed by atoms with Gasteiger partial charge in [0.2, 0.25) is 17.6 Å². The van der Waals surface area contributed by atoms with Gasteiger partial charge >= 0.3 is 0 Å². The zero-order chi connectivity index (χ0) is 22.3. The number of carbonyl (C=O) groups excluding carboxylic acids is 2. The lowest BCUT2D eigenvalue weighted by atomic mass is 10.1. The predicted molar refractivity (Wildman–Crippen MR) is 117 cm³/mol. The van der Waals surface area contributed by atoms with E-state index in [9.17, 15) is 9.59 Å². The number of amides is 2. The third-order valence-corrected chi connectivity index (χ3v) is 4.79. The zero-order valence-corrected chi connectivity index (χ0v) is 18.5. The Morgan fingerprint density at radius 1 is 0.867 bits per heavy atom. The highest BCUT2D eigenvalue weighted by Gasteiger charge is 2.17. The van der Waals surface area contributed by atoms with Gasteiger partial charge in [0, 0.05) is 12.1 Å². The molecule has 0 heterocycles. The summed E-state index contributed by atoms with van der Waals surface area (Å²) in [6.45, 7) is 5.82. The van der Waals surface area contributed by atoms with E-state index in [0.29, 0.717) is 23.7 Å². The minimum atomic E-state index is -0.262. The Labute approximate surface area is 177 Å². The van der Waals surface area contributed by atoms with Crippen molar-refractivity contribution in [3.05, 3.63) is 46.5 Å². The van der Waals surface area contributed by atoms with Crippen molar-refractivity contribution < 1.29 is 23.8 Å². The lowest BCUT2D eigenvalue weighted by molar-refractivity contribution is -0.124. The third kappa shape index (κ3) is 5.65. The van der Waals surface area contributed by atoms with E-state index in [0.717, 1.165) is 27.9 Å². The molecule has 2 rings (SSSR count). The molecule has 2 amide bonds. The highest BCUT2D eigenvalue weighted by Crippen LogP contribution is 2.40. The molecule has 2 aromatic carbocycles. The van der Waals surface area contributed by atoms with Gasteiger partial charge in [0.15, 0.2) is 11.5 Å². The van der Waals surface area contributed by atoms with Gasteiger partial charge in [-0.25, -0.2) is 0 Å². The monoisotopic (exact) mass is 414 g/mol. The molecule has 162 valence electrons. The van der Waals surface area contributed by atoms with E-state index in [4.69, 9.17) is 14.2 Å². The normalized spacial score (nSPS) is 10.3. The maximum atomic E-state index is 12.3. The summed E-state index contributed by atoms with van der Waals surface area (Å²) in [4.78, 5) is 24.5. The fourth-order valence-electron chi connectivity index (χ4n) is 3.44. The first-order chi connectivity index (χ1) is 14.3. The van der Waals surface area contributed by atoms with Gasteiger partial charge in [-0.05, 0) is 49.9 Å². The number of rotatable bonds is 9. The van der Waals surface area contributed by atoms with Crippen molar-refractivity contribution in [3.8, 4) is 17.2 Å². The summed E-state index contributed by atoms with van der Waals surface area (Å²) in [6.07, 6.45) is 0.648. The second-order valence-corrected chi connectivity index (χ2v) is 7.09. The number of hydrogen-bond acceptors (Lipinski definition) is 5. The van der Waals surface area contributed by atoms with Crippen LogP contribution < -0.4 is 24.8 Å². The number of ether oxygens (including phenoxy) is 3. The van der Waals surface area contributed by atoms with Crippen LogP contribution in [0.4, 0.5) is 5.69 Å². The van der Waals surface area contributed by atoms with E-state index in [2.05, 4.69) is 10.6 Å². The van der Waals surface area contributed by atoms with E-state index in [1.54, 1.807) is 20.3 Å². The Kier molecular flexibility index (Phi) is 8.09. The second kappa shape index (κ2) is 10.5. The lowest BCUT2D eigenvalue weighted by Gasteiger charge is -2.16. The number of hydrogen-bond donors (Lipinski definition) is 2. The van der Waals surface area contributed by atoms with Crippen LogP contribution in [0.2, 0.25) is 0 Å². The Morgan fingerprint density at radius 2 is 1.50 bits per heavy atom. The molecule has 30 heavy (non-hydrogen) atoms. The molecule has 0 fully saturated rings. The number of methoxy groups -OCH3 is 3. The minimum Gasteiger partial charge on any atom is -0.493 e. The standard InChI is InChI=1S/C23H30N2O5/c1-14-11-15(2)21(16(3)12-14)25-20(27)13-24-19(26)10-8-17-7-9-18(28-4)23(30-6)22(17)29-5/h7,9,11-12H,8,10,13H2,1-6H3,(H,24,26)(H,25,27). The van der Waals surface area contributed by atoms with Crippen molar-refractivity contribution >= 4 is 17.5 Å². The SMILES string of the molecule is COc1ccc(CCC(=O)NCC(=O)Nc2c(C)cc(C)cc2C)c(OC)c1OC. The summed E-state index contributed by atoms with van der Waals surface area (Å²) in [5, 5.41) is 5.54. The zero-order valence-electron chi connectivity index (χ0n) is 18.5. The summed E-state index contributed by atoms with van der Waals surface area (Å²) in [5.41, 5.74) is 4.73. The Hall–Kier alpha value is -3.22. The lowest BCUT2D eigenvalue weighted by Crippen LogP contribution is -2.33. The molecule has 7 heteroatoms. The number of nitrogens with one attached hydrogen (secondary N) is 2. The number of benzene rings is 2. The molecule has 0 saturated carbocycles. The van der Waals surface area contributed by atoms with Gasteiger partial charge in [0.05, 0.1) is 27.9 Å². The number of carbonyl (C=O) groups is 2. The van der Waals surface area contributed by atoms with Crippen LogP contribution in [0.25, 0.3) is 0 Å². The summed E-state index contributed by atoms with van der Waals surface area (Å²) < 4.78 is 16.1. The van der Waals surface area contributed by atoms with E-state index >= 15 is 0 Å². The maximum Gasteiger partial charge on any atom is 0.243 e. The van der Waals surface area contributed by atoms with Crippen molar-refractivity contribution in [2.45, 2.75) is 33.6 Å². The molecule has 0 aromatic heterocycles. The van der Waals surface area contributed by atoms with Crippen LogP contribution in [0.1, 0.15) is 28.7 Å². The van der Waals surface area contributed by atoms with Crippen molar-refractivity contribution in [1.29, 1.82) is 0 Å². The van der Waals surface area contributed by atoms with Gasteiger partial charge in [-0.15, -0.1) is 0 Å². The van der Waals surface area contributed by atoms with Crippen molar-refractivity contribution in [1.82, 2.24) is 5.32 Å². The molecule has 0 aliphatic carbocycles. The fraction of sp³-hybridized carbons (Fsp3) is 0.391. The van der Waals surface area contributed by atoms with Gasteiger partial charge < -0.3 is 24.8 Å². The minimum absolute atomic E-state index is 0.0886. The van der Waals surface area contributed by atoms with Crippen LogP contribution in [0.5, 0.6) is 17.2 Å². The predicted octanol–water partition coefficient (Wildman–Crippen LogP) is 3.33. The Morgan fingerprint density at radius 3 is 2.07 bits per heavy atom. The molecule has 0 aliphatic heterocycles. The van der Waals surface area contributed by atoms with Gasteiger partial charge in [-0.3, -0.25) is 9.59 Å². The van der Waals surface area contributed by atoms with E-state index in [-0.39, 0.29) is 24.8 Å². The molecule has 0 radical (unpaired) electrons. The summed E-state index contributed by atoms with van der Waals surface area (Å²) in [5.74, 6) is 1.09. The molecule has 0 atom stereocenters. The van der Waals surface area contributed by atoms with E-state index in [1.807, 2.05) is 39.0 Å². The van der Waals surface area contributed by atoms with Crippen LogP contribution in [0.3, 0.4) is 0 Å².